The maximum absolute atomic E-state index is 12.1. The van der Waals surface area contributed by atoms with E-state index >= 15 is 0 Å². The Labute approximate surface area is 143 Å². The zero-order valence-electron chi connectivity index (χ0n) is 12.6. The Morgan fingerprint density at radius 1 is 1.04 bits per heavy atom. The fourth-order valence-electron chi connectivity index (χ4n) is 2.30. The minimum atomic E-state index is -0.354. The molecule has 0 atom stereocenters. The van der Waals surface area contributed by atoms with Crippen LogP contribution in [0.25, 0.3) is 10.9 Å². The second kappa shape index (κ2) is 7.10. The van der Waals surface area contributed by atoms with Crippen molar-refractivity contribution in [1.82, 2.24) is 10.3 Å². The molecule has 3 aromatic rings. The molecule has 1 aromatic heterocycles. The molecule has 6 heteroatoms. The predicted molar refractivity (Wildman–Crippen MR) is 94.2 cm³/mol. The van der Waals surface area contributed by atoms with Crippen LogP contribution in [0.3, 0.4) is 0 Å². The number of hydrogen-bond acceptors (Lipinski definition) is 3. The molecule has 0 aliphatic heterocycles. The van der Waals surface area contributed by atoms with Gasteiger partial charge in [0, 0.05) is 22.2 Å². The second-order valence-electron chi connectivity index (χ2n) is 5.12. The minimum absolute atomic E-state index is 0.137. The van der Waals surface area contributed by atoms with Gasteiger partial charge in [0.1, 0.15) is 0 Å². The first-order chi connectivity index (χ1) is 11.6. The molecular weight excluding hydrogens is 326 g/mol. The van der Waals surface area contributed by atoms with Crippen LogP contribution in [0.1, 0.15) is 10.4 Å². The summed E-state index contributed by atoms with van der Waals surface area (Å²) < 4.78 is 0. The number of nitrogens with zero attached hydrogens (tertiary/aromatic N) is 1. The van der Waals surface area contributed by atoms with Gasteiger partial charge in [-0.15, -0.1) is 0 Å². The highest BCUT2D eigenvalue weighted by atomic mass is 35.5. The molecule has 2 aromatic carbocycles. The van der Waals surface area contributed by atoms with Crippen LogP contribution >= 0.6 is 11.6 Å². The van der Waals surface area contributed by atoms with E-state index in [4.69, 9.17) is 11.6 Å². The summed E-state index contributed by atoms with van der Waals surface area (Å²) in [5.74, 6) is -0.672. The maximum atomic E-state index is 12.1. The van der Waals surface area contributed by atoms with E-state index in [0.29, 0.717) is 16.3 Å². The van der Waals surface area contributed by atoms with Gasteiger partial charge in [-0.05, 0) is 42.5 Å². The van der Waals surface area contributed by atoms with Crippen molar-refractivity contribution in [2.45, 2.75) is 0 Å². The van der Waals surface area contributed by atoms with Crippen LogP contribution in [0.15, 0.2) is 60.8 Å². The van der Waals surface area contributed by atoms with E-state index in [1.807, 2.05) is 18.2 Å². The molecule has 2 N–H and O–H groups in total. The van der Waals surface area contributed by atoms with Gasteiger partial charge < -0.3 is 10.6 Å². The van der Waals surface area contributed by atoms with E-state index < -0.39 is 0 Å². The summed E-state index contributed by atoms with van der Waals surface area (Å²) in [6.45, 7) is -0.137. The Kier molecular flexibility index (Phi) is 4.72. The van der Waals surface area contributed by atoms with E-state index in [-0.39, 0.29) is 18.4 Å². The van der Waals surface area contributed by atoms with Crippen molar-refractivity contribution in [3.8, 4) is 0 Å². The van der Waals surface area contributed by atoms with Gasteiger partial charge in [-0.3, -0.25) is 14.6 Å². The summed E-state index contributed by atoms with van der Waals surface area (Å²) in [5, 5.41) is 6.66. The Balaban J connectivity index is 1.64. The number of carbonyl (C=O) groups is 2. The Bertz CT molecular complexity index is 906. The molecule has 0 saturated carbocycles. The lowest BCUT2D eigenvalue weighted by atomic mass is 10.2. The first kappa shape index (κ1) is 16.0. The van der Waals surface area contributed by atoms with Crippen molar-refractivity contribution < 1.29 is 9.59 Å². The number of benzene rings is 2. The highest BCUT2D eigenvalue weighted by Gasteiger charge is 2.10. The van der Waals surface area contributed by atoms with Crippen molar-refractivity contribution >= 4 is 40.0 Å². The summed E-state index contributed by atoms with van der Waals surface area (Å²) in [7, 11) is 0. The zero-order chi connectivity index (χ0) is 16.9. The number of fused-ring (bicyclic) bond motifs is 1. The molecule has 0 radical (unpaired) electrons. The Hall–Kier alpha value is -2.92. The van der Waals surface area contributed by atoms with E-state index in [1.54, 1.807) is 42.6 Å². The highest BCUT2D eigenvalue weighted by Crippen LogP contribution is 2.21. The average Bonchev–Trinajstić information content (AvgIpc) is 2.60. The number of halogens is 1. The molecular formula is C18H14ClN3O2. The van der Waals surface area contributed by atoms with E-state index in [1.165, 1.54) is 0 Å². The molecule has 3 rings (SSSR count). The average molecular weight is 340 g/mol. The number of rotatable bonds is 4. The lowest BCUT2D eigenvalue weighted by molar-refractivity contribution is -0.115. The highest BCUT2D eigenvalue weighted by molar-refractivity contribution is 6.31. The number of hydrogen-bond donors (Lipinski definition) is 2. The van der Waals surface area contributed by atoms with Gasteiger partial charge in [-0.1, -0.05) is 23.7 Å². The predicted octanol–water partition coefficient (Wildman–Crippen LogP) is 3.26. The molecule has 5 nitrogen and oxygen atoms in total. The van der Waals surface area contributed by atoms with Crippen molar-refractivity contribution in [2.24, 2.45) is 0 Å². The number of aromatic nitrogens is 1. The number of carbonyl (C=O) groups excluding carboxylic acids is 2. The van der Waals surface area contributed by atoms with Crippen LogP contribution < -0.4 is 10.6 Å². The normalized spacial score (nSPS) is 10.4. The fourth-order valence-corrected chi connectivity index (χ4v) is 2.49. The van der Waals surface area contributed by atoms with Crippen molar-refractivity contribution in [1.29, 1.82) is 0 Å². The number of anilines is 1. The molecule has 0 unspecified atom stereocenters. The summed E-state index contributed by atoms with van der Waals surface area (Å²) in [6, 6.07) is 15.7. The van der Waals surface area contributed by atoms with Gasteiger partial charge in [0.05, 0.1) is 17.7 Å². The van der Waals surface area contributed by atoms with Crippen LogP contribution in [0.5, 0.6) is 0 Å². The van der Waals surface area contributed by atoms with E-state index in [2.05, 4.69) is 15.6 Å². The molecule has 24 heavy (non-hydrogen) atoms. The largest absolute Gasteiger partial charge is 0.343 e. The number of nitrogens with one attached hydrogen (secondary N) is 2. The lowest BCUT2D eigenvalue weighted by Crippen LogP contribution is -2.32. The zero-order valence-corrected chi connectivity index (χ0v) is 13.4. The second-order valence-corrected chi connectivity index (χ2v) is 5.55. The molecule has 0 aliphatic rings. The van der Waals surface area contributed by atoms with Crippen LogP contribution in [0, 0.1) is 0 Å². The van der Waals surface area contributed by atoms with Crippen LogP contribution in [-0.2, 0) is 4.79 Å². The summed E-state index contributed by atoms with van der Waals surface area (Å²) >= 11 is 5.85. The van der Waals surface area contributed by atoms with Gasteiger partial charge in [-0.25, -0.2) is 0 Å². The number of pyridine rings is 1. The third-order valence-corrected chi connectivity index (χ3v) is 3.65. The smallest absolute Gasteiger partial charge is 0.251 e. The molecule has 120 valence electrons. The van der Waals surface area contributed by atoms with Crippen LogP contribution in [0.4, 0.5) is 5.69 Å². The van der Waals surface area contributed by atoms with Crippen molar-refractivity contribution in [2.75, 3.05) is 11.9 Å². The summed E-state index contributed by atoms with van der Waals surface area (Å²) in [5.41, 5.74) is 1.85. The Morgan fingerprint density at radius 3 is 2.71 bits per heavy atom. The van der Waals surface area contributed by atoms with Gasteiger partial charge >= 0.3 is 0 Å². The quantitative estimate of drug-likeness (QED) is 0.766. The van der Waals surface area contributed by atoms with Gasteiger partial charge in [0.25, 0.3) is 5.91 Å². The molecule has 2 amide bonds. The molecule has 0 bridgehead atoms. The van der Waals surface area contributed by atoms with E-state index in [9.17, 15) is 9.59 Å². The summed E-state index contributed by atoms with van der Waals surface area (Å²) in [4.78, 5) is 28.3. The van der Waals surface area contributed by atoms with Gasteiger partial charge in [-0.2, -0.15) is 0 Å². The van der Waals surface area contributed by atoms with Crippen molar-refractivity contribution in [3.63, 3.8) is 0 Å². The monoisotopic (exact) mass is 339 g/mol. The third-order valence-electron chi connectivity index (χ3n) is 3.42. The molecule has 0 spiro atoms. The van der Waals surface area contributed by atoms with Crippen LogP contribution in [0.2, 0.25) is 5.02 Å². The first-order valence-corrected chi connectivity index (χ1v) is 7.68. The molecule has 0 fully saturated rings. The van der Waals surface area contributed by atoms with Crippen LogP contribution in [-0.4, -0.2) is 23.3 Å². The Morgan fingerprint density at radius 2 is 1.88 bits per heavy atom. The molecule has 0 aliphatic carbocycles. The van der Waals surface area contributed by atoms with E-state index in [0.717, 1.165) is 10.9 Å². The lowest BCUT2D eigenvalue weighted by Gasteiger charge is -2.09. The van der Waals surface area contributed by atoms with Gasteiger partial charge in [0.2, 0.25) is 5.91 Å². The third kappa shape index (κ3) is 3.70. The SMILES string of the molecule is O=C(CNC(=O)c1cccc(Cl)c1)Nc1cccc2ncccc12. The molecule has 0 saturated heterocycles. The fraction of sp³-hybridized carbons (Fsp3) is 0.0556. The first-order valence-electron chi connectivity index (χ1n) is 7.31. The summed E-state index contributed by atoms with van der Waals surface area (Å²) in [6.07, 6.45) is 1.69. The molecule has 1 heterocycles. The topological polar surface area (TPSA) is 71.1 Å². The minimum Gasteiger partial charge on any atom is -0.343 e. The van der Waals surface area contributed by atoms with Gasteiger partial charge in [0.15, 0.2) is 0 Å². The maximum Gasteiger partial charge on any atom is 0.251 e. The van der Waals surface area contributed by atoms with Crippen molar-refractivity contribution in [3.05, 3.63) is 71.4 Å². The standard InChI is InChI=1S/C18H14ClN3O2/c19-13-5-1-4-12(10-13)18(24)21-11-17(23)22-16-8-2-7-15-14(16)6-3-9-20-15/h1-10H,11H2,(H,21,24)(H,22,23). The number of amides is 2.